The van der Waals surface area contributed by atoms with Crippen LogP contribution in [0, 0.1) is 0 Å². The molecule has 0 saturated carbocycles. The number of imide groups is 1. The third kappa shape index (κ3) is 4.40. The third-order valence-electron chi connectivity index (χ3n) is 4.52. The summed E-state index contributed by atoms with van der Waals surface area (Å²) < 4.78 is 11.7. The lowest BCUT2D eigenvalue weighted by Crippen LogP contribution is -2.27. The van der Waals surface area contributed by atoms with Crippen molar-refractivity contribution in [3.8, 4) is 17.2 Å². The topological polar surface area (TPSA) is 84.9 Å². The molecule has 0 spiro atoms. The van der Waals surface area contributed by atoms with Gasteiger partial charge in [-0.2, -0.15) is 0 Å². The quantitative estimate of drug-likeness (QED) is 0.334. The van der Waals surface area contributed by atoms with Crippen molar-refractivity contribution >= 4 is 69.5 Å². The van der Waals surface area contributed by atoms with E-state index >= 15 is 0 Å². The minimum Gasteiger partial charge on any atom is -0.496 e. The van der Waals surface area contributed by atoms with Crippen LogP contribution in [0.3, 0.4) is 0 Å². The number of urea groups is 1. The van der Waals surface area contributed by atoms with Crippen molar-refractivity contribution in [1.29, 1.82) is 0 Å². The Balaban J connectivity index is 1.65. The number of nitrogens with one attached hydrogen (secondary N) is 1. The first kappa shape index (κ1) is 22.4. The Labute approximate surface area is 201 Å². The minimum atomic E-state index is -0.567. The molecular formula is C21H13Cl3N2O5S. The molecule has 0 atom stereocenters. The lowest BCUT2D eigenvalue weighted by atomic mass is 10.1. The van der Waals surface area contributed by atoms with Crippen molar-refractivity contribution in [3.63, 3.8) is 0 Å². The highest BCUT2D eigenvalue weighted by Crippen LogP contribution is 2.41. The molecule has 2 heterocycles. The number of thiophene rings is 1. The van der Waals surface area contributed by atoms with Crippen molar-refractivity contribution in [2.45, 2.75) is 0 Å². The van der Waals surface area contributed by atoms with Crippen molar-refractivity contribution in [2.75, 3.05) is 18.6 Å². The van der Waals surface area contributed by atoms with E-state index < -0.39 is 11.9 Å². The molecule has 0 bridgehead atoms. The van der Waals surface area contributed by atoms with Gasteiger partial charge < -0.3 is 9.47 Å². The molecule has 4 rings (SSSR count). The zero-order chi connectivity index (χ0) is 23.0. The Morgan fingerprint density at radius 1 is 1.06 bits per heavy atom. The Morgan fingerprint density at radius 3 is 2.34 bits per heavy atom. The van der Waals surface area contributed by atoms with Gasteiger partial charge in [0, 0.05) is 5.69 Å². The van der Waals surface area contributed by atoms with E-state index in [1.165, 1.54) is 30.2 Å². The van der Waals surface area contributed by atoms with E-state index in [0.29, 0.717) is 26.4 Å². The van der Waals surface area contributed by atoms with Crippen LogP contribution < -0.4 is 19.7 Å². The second-order valence-corrected chi connectivity index (χ2v) is 9.10. The number of amides is 3. The average Bonchev–Trinajstić information content (AvgIpc) is 3.34. The van der Waals surface area contributed by atoms with E-state index in [0.717, 1.165) is 11.3 Å². The Hall–Kier alpha value is -2.78. The summed E-state index contributed by atoms with van der Waals surface area (Å²) in [6.07, 6.45) is 0. The Morgan fingerprint density at radius 2 is 1.78 bits per heavy atom. The molecule has 7 nitrogen and oxygen atoms in total. The summed E-state index contributed by atoms with van der Waals surface area (Å²) in [5, 5.41) is 2.42. The smallest absolute Gasteiger partial charge is 0.329 e. The standard InChI is InChI=1S/C21H13Cl3N2O5S/c1-30-15-3-2-11(8-12(15)19(28)16-4-5-17(24)32-16)31-20-13(22)6-10(7-14(20)23)26-9-18(27)25-21(26)29/h2-8H,9H2,1H3,(H,25,27,29). The number of hydrogen-bond donors (Lipinski definition) is 1. The maximum atomic E-state index is 12.9. The molecule has 3 amide bonds. The van der Waals surface area contributed by atoms with Gasteiger partial charge in [-0.1, -0.05) is 34.8 Å². The predicted octanol–water partition coefficient (Wildman–Crippen LogP) is 5.80. The van der Waals surface area contributed by atoms with Gasteiger partial charge in [0.05, 0.1) is 31.9 Å². The maximum Gasteiger partial charge on any atom is 0.329 e. The van der Waals surface area contributed by atoms with E-state index in [9.17, 15) is 14.4 Å². The molecule has 1 N–H and O–H groups in total. The summed E-state index contributed by atoms with van der Waals surface area (Å²) in [4.78, 5) is 37.9. The number of ether oxygens (including phenoxy) is 2. The van der Waals surface area contributed by atoms with Gasteiger partial charge in [-0.25, -0.2) is 4.79 Å². The number of rotatable bonds is 6. The molecule has 0 aliphatic carbocycles. The van der Waals surface area contributed by atoms with E-state index in [1.807, 2.05) is 0 Å². The number of anilines is 1. The molecule has 1 aromatic heterocycles. The molecule has 32 heavy (non-hydrogen) atoms. The van der Waals surface area contributed by atoms with E-state index in [2.05, 4.69) is 5.32 Å². The third-order valence-corrected chi connectivity index (χ3v) is 6.31. The Kier molecular flexibility index (Phi) is 6.30. The molecule has 1 aliphatic heterocycles. The number of methoxy groups -OCH3 is 1. The average molecular weight is 512 g/mol. The monoisotopic (exact) mass is 510 g/mol. The van der Waals surface area contributed by atoms with Crippen LogP contribution >= 0.6 is 46.1 Å². The normalized spacial score (nSPS) is 13.3. The fourth-order valence-electron chi connectivity index (χ4n) is 3.07. The van der Waals surface area contributed by atoms with Gasteiger partial charge in [0.2, 0.25) is 11.7 Å². The summed E-state index contributed by atoms with van der Waals surface area (Å²) in [6.45, 7) is -0.137. The van der Waals surface area contributed by atoms with Crippen LogP contribution in [0.15, 0.2) is 42.5 Å². The number of nitrogens with zero attached hydrogens (tertiary/aromatic N) is 1. The molecule has 1 saturated heterocycles. The summed E-state index contributed by atoms with van der Waals surface area (Å²) in [7, 11) is 1.46. The number of carbonyl (C=O) groups is 3. The van der Waals surface area contributed by atoms with Gasteiger partial charge in [-0.3, -0.25) is 19.8 Å². The van der Waals surface area contributed by atoms with Crippen LogP contribution in [0.2, 0.25) is 14.4 Å². The molecular weight excluding hydrogens is 499 g/mol. The first-order chi connectivity index (χ1) is 15.3. The van der Waals surface area contributed by atoms with Crippen molar-refractivity contribution < 1.29 is 23.9 Å². The van der Waals surface area contributed by atoms with Crippen LogP contribution in [0.4, 0.5) is 10.5 Å². The number of halogens is 3. The van der Waals surface area contributed by atoms with Gasteiger partial charge >= 0.3 is 6.03 Å². The molecule has 2 aromatic carbocycles. The zero-order valence-corrected chi connectivity index (χ0v) is 19.4. The Bertz CT molecular complexity index is 1240. The number of hydrogen-bond acceptors (Lipinski definition) is 6. The molecule has 0 radical (unpaired) electrons. The van der Waals surface area contributed by atoms with E-state index in [-0.39, 0.29) is 33.7 Å². The van der Waals surface area contributed by atoms with Gasteiger partial charge in [-0.15, -0.1) is 11.3 Å². The van der Waals surface area contributed by atoms with Gasteiger partial charge in [-0.05, 0) is 42.5 Å². The number of benzene rings is 2. The van der Waals surface area contributed by atoms with Crippen LogP contribution in [0.25, 0.3) is 0 Å². The first-order valence-corrected chi connectivity index (χ1v) is 11.0. The van der Waals surface area contributed by atoms with Crippen LogP contribution in [-0.4, -0.2) is 31.4 Å². The summed E-state index contributed by atoms with van der Waals surface area (Å²) in [5.41, 5.74) is 0.621. The second-order valence-electron chi connectivity index (χ2n) is 6.58. The lowest BCUT2D eigenvalue weighted by molar-refractivity contribution is -0.117. The predicted molar refractivity (Wildman–Crippen MR) is 123 cm³/mol. The highest BCUT2D eigenvalue weighted by Gasteiger charge is 2.29. The second kappa shape index (κ2) is 8.99. The molecule has 0 unspecified atom stereocenters. The minimum absolute atomic E-state index is 0.119. The SMILES string of the molecule is COc1ccc(Oc2c(Cl)cc(N3CC(=O)NC3=O)cc2Cl)cc1C(=O)c1ccc(Cl)s1. The highest BCUT2D eigenvalue weighted by molar-refractivity contribution is 7.18. The van der Waals surface area contributed by atoms with Crippen molar-refractivity contribution in [1.82, 2.24) is 5.32 Å². The zero-order valence-electron chi connectivity index (χ0n) is 16.3. The largest absolute Gasteiger partial charge is 0.496 e. The summed E-state index contributed by atoms with van der Waals surface area (Å²) in [5.74, 6) is 0.0869. The van der Waals surface area contributed by atoms with Crippen LogP contribution in [0.1, 0.15) is 15.2 Å². The highest BCUT2D eigenvalue weighted by atomic mass is 35.5. The van der Waals surface area contributed by atoms with Crippen molar-refractivity contribution in [3.05, 3.63) is 67.3 Å². The summed E-state index contributed by atoms with van der Waals surface area (Å²) >= 11 is 19.8. The van der Waals surface area contributed by atoms with Crippen LogP contribution in [0.5, 0.6) is 17.2 Å². The summed E-state index contributed by atoms with van der Waals surface area (Å²) in [6, 6.07) is 10.3. The lowest BCUT2D eigenvalue weighted by Gasteiger charge is -2.17. The van der Waals surface area contributed by atoms with Crippen LogP contribution in [-0.2, 0) is 4.79 Å². The number of ketones is 1. The fraction of sp³-hybridized carbons (Fsp3) is 0.0952. The van der Waals surface area contributed by atoms with E-state index in [1.54, 1.807) is 24.3 Å². The van der Waals surface area contributed by atoms with Crippen molar-refractivity contribution in [2.24, 2.45) is 0 Å². The molecule has 164 valence electrons. The molecule has 1 fully saturated rings. The maximum absolute atomic E-state index is 12.9. The first-order valence-electron chi connectivity index (χ1n) is 9.03. The van der Waals surface area contributed by atoms with Gasteiger partial charge in [0.15, 0.2) is 5.75 Å². The fourth-order valence-corrected chi connectivity index (χ4v) is 4.61. The molecule has 3 aromatic rings. The molecule has 11 heteroatoms. The van der Waals surface area contributed by atoms with Gasteiger partial charge in [0.1, 0.15) is 18.0 Å². The number of carbonyl (C=O) groups excluding carboxylic acids is 3. The van der Waals surface area contributed by atoms with Gasteiger partial charge in [0.25, 0.3) is 0 Å². The molecule has 1 aliphatic rings. The van der Waals surface area contributed by atoms with E-state index in [4.69, 9.17) is 44.3 Å².